The monoisotopic (exact) mass is 482 g/mol. The van der Waals surface area contributed by atoms with Crippen LogP contribution in [0.5, 0.6) is 0 Å². The number of nitrogens with one attached hydrogen (secondary N) is 1. The molecule has 0 radical (unpaired) electrons. The molecule has 5 nitrogen and oxygen atoms in total. The van der Waals surface area contributed by atoms with Gasteiger partial charge in [-0.25, -0.2) is 0 Å². The van der Waals surface area contributed by atoms with E-state index in [1.807, 2.05) is 0 Å². The second kappa shape index (κ2) is 26.5. The Morgan fingerprint density at radius 3 is 1.35 bits per heavy atom. The molecular formula is C29H58N2O3. The molecule has 3 N–H and O–H groups in total. The Morgan fingerprint density at radius 2 is 0.971 bits per heavy atom. The summed E-state index contributed by atoms with van der Waals surface area (Å²) in [5.41, 5.74) is 0. The number of hydrogen-bond acceptors (Lipinski definition) is 4. The highest BCUT2D eigenvalue weighted by molar-refractivity contribution is 6.00. The summed E-state index contributed by atoms with van der Waals surface area (Å²) >= 11 is 0. The topological polar surface area (TPSA) is 81.9 Å². The van der Waals surface area contributed by atoms with Gasteiger partial charge >= 0.3 is 0 Å². The van der Waals surface area contributed by atoms with Gasteiger partial charge in [-0.15, -0.1) is 0 Å². The van der Waals surface area contributed by atoms with Crippen molar-refractivity contribution in [2.45, 2.75) is 174 Å². The Morgan fingerprint density at radius 1 is 0.618 bits per heavy atom. The summed E-state index contributed by atoms with van der Waals surface area (Å²) in [6.45, 7) is 4.49. The molecule has 0 aliphatic rings. The molecule has 0 fully saturated rings. The van der Waals surface area contributed by atoms with Crippen molar-refractivity contribution in [3.63, 3.8) is 0 Å². The first-order chi connectivity index (χ1) is 16.7. The molecule has 1 amide bonds. The van der Waals surface area contributed by atoms with Gasteiger partial charge in [0.05, 0.1) is 0 Å². The van der Waals surface area contributed by atoms with Crippen molar-refractivity contribution < 1.29 is 15.1 Å². The Hall–Kier alpha value is -1.10. The largest absolute Gasteiger partial charge is 0.409 e. The molecule has 0 heterocycles. The molecule has 0 aromatic carbocycles. The van der Waals surface area contributed by atoms with Crippen LogP contribution >= 0.6 is 0 Å². The molecule has 5 heteroatoms. The van der Waals surface area contributed by atoms with Gasteiger partial charge in [0.25, 0.3) is 0 Å². The first-order valence-electron chi connectivity index (χ1n) is 14.9. The van der Waals surface area contributed by atoms with Crippen molar-refractivity contribution in [3.8, 4) is 0 Å². The van der Waals surface area contributed by atoms with E-state index in [4.69, 9.17) is 0 Å². The van der Waals surface area contributed by atoms with Crippen molar-refractivity contribution in [1.29, 1.82) is 0 Å². The predicted molar refractivity (Wildman–Crippen MR) is 146 cm³/mol. The van der Waals surface area contributed by atoms with Crippen LogP contribution in [0.25, 0.3) is 0 Å². The fourth-order valence-electron chi connectivity index (χ4n) is 4.47. The first-order valence-corrected chi connectivity index (χ1v) is 14.9. The van der Waals surface area contributed by atoms with Crippen molar-refractivity contribution in [1.82, 2.24) is 5.32 Å². The highest BCUT2D eigenvalue weighted by atomic mass is 16.4. The van der Waals surface area contributed by atoms with E-state index in [1.54, 1.807) is 0 Å². The second-order valence-corrected chi connectivity index (χ2v) is 10.2. The molecule has 1 unspecified atom stereocenters. The van der Waals surface area contributed by atoms with E-state index in [1.165, 1.54) is 116 Å². The Balaban J connectivity index is 3.60. The van der Waals surface area contributed by atoms with Gasteiger partial charge in [0.15, 0.2) is 5.84 Å². The number of carbonyl (C=O) groups excluding carboxylic acids is 1. The molecule has 0 aromatic heterocycles. The first kappa shape index (κ1) is 32.9. The van der Waals surface area contributed by atoms with Crippen molar-refractivity contribution >= 4 is 11.7 Å². The lowest BCUT2D eigenvalue weighted by atomic mass is 10.0. The quantitative estimate of drug-likeness (QED) is 0.0400. The lowest BCUT2D eigenvalue weighted by Crippen LogP contribution is -2.38. The third kappa shape index (κ3) is 22.7. The highest BCUT2D eigenvalue weighted by Crippen LogP contribution is 2.14. The molecule has 34 heavy (non-hydrogen) atoms. The van der Waals surface area contributed by atoms with Crippen LogP contribution in [0.15, 0.2) is 5.16 Å². The van der Waals surface area contributed by atoms with E-state index in [0.717, 1.165) is 25.7 Å². The number of carbonyl (C=O) groups is 1. The second-order valence-electron chi connectivity index (χ2n) is 10.2. The molecule has 0 saturated heterocycles. The van der Waals surface area contributed by atoms with Crippen LogP contribution in [0.3, 0.4) is 0 Å². The SMILES string of the molecule is CCCCCCCCCCCCCCCC(O)/C(=N/O)NC(=O)CCCCCCCCCCC. The van der Waals surface area contributed by atoms with E-state index >= 15 is 0 Å². The lowest BCUT2D eigenvalue weighted by Gasteiger charge is -2.13. The summed E-state index contributed by atoms with van der Waals surface area (Å²) in [6, 6.07) is 0. The van der Waals surface area contributed by atoms with Crippen molar-refractivity contribution in [3.05, 3.63) is 0 Å². The molecule has 202 valence electrons. The van der Waals surface area contributed by atoms with Crippen LogP contribution in [-0.2, 0) is 4.79 Å². The Kier molecular flexibility index (Phi) is 25.6. The number of amidine groups is 1. The fourth-order valence-corrected chi connectivity index (χ4v) is 4.47. The molecule has 0 bridgehead atoms. The molecule has 0 rings (SSSR count). The minimum atomic E-state index is -0.898. The smallest absolute Gasteiger partial charge is 0.225 e. The summed E-state index contributed by atoms with van der Waals surface area (Å²) in [5, 5.41) is 25.2. The summed E-state index contributed by atoms with van der Waals surface area (Å²) in [7, 11) is 0. The van der Waals surface area contributed by atoms with Gasteiger partial charge < -0.3 is 15.6 Å². The van der Waals surface area contributed by atoms with Crippen LogP contribution < -0.4 is 5.32 Å². The molecular weight excluding hydrogens is 424 g/mol. The predicted octanol–water partition coefficient (Wildman–Crippen LogP) is 8.65. The van der Waals surface area contributed by atoms with Crippen LogP contribution in [-0.4, -0.2) is 28.2 Å². The number of aliphatic hydroxyl groups is 1. The van der Waals surface area contributed by atoms with Gasteiger partial charge in [-0.2, -0.15) is 0 Å². The van der Waals surface area contributed by atoms with E-state index in [-0.39, 0.29) is 11.7 Å². The van der Waals surface area contributed by atoms with E-state index in [9.17, 15) is 15.1 Å². The number of oxime groups is 1. The van der Waals surface area contributed by atoms with E-state index in [0.29, 0.717) is 12.8 Å². The summed E-state index contributed by atoms with van der Waals surface area (Å²) in [5.74, 6) is -0.167. The zero-order valence-corrected chi connectivity index (χ0v) is 22.8. The van der Waals surface area contributed by atoms with Gasteiger partial charge in [-0.3, -0.25) is 4.79 Å². The van der Waals surface area contributed by atoms with Crippen molar-refractivity contribution in [2.75, 3.05) is 0 Å². The molecule has 1 atom stereocenters. The van der Waals surface area contributed by atoms with Crippen LogP contribution in [0.4, 0.5) is 0 Å². The van der Waals surface area contributed by atoms with E-state index in [2.05, 4.69) is 24.3 Å². The maximum absolute atomic E-state index is 12.1. The minimum absolute atomic E-state index is 0.000129. The Labute approximate surface area is 211 Å². The van der Waals surface area contributed by atoms with Gasteiger partial charge in [-0.1, -0.05) is 154 Å². The third-order valence-electron chi connectivity index (χ3n) is 6.78. The number of nitrogens with zero attached hydrogens (tertiary/aromatic N) is 1. The normalized spacial score (nSPS) is 12.7. The fraction of sp³-hybridized carbons (Fsp3) is 0.931. The van der Waals surface area contributed by atoms with Gasteiger partial charge in [0.1, 0.15) is 6.10 Å². The molecule has 0 aliphatic heterocycles. The Bertz CT molecular complexity index is 468. The lowest BCUT2D eigenvalue weighted by molar-refractivity contribution is -0.120. The molecule has 0 aliphatic carbocycles. The van der Waals surface area contributed by atoms with Crippen molar-refractivity contribution in [2.24, 2.45) is 5.16 Å². The number of aliphatic hydroxyl groups excluding tert-OH is 1. The van der Waals surface area contributed by atoms with Crippen LogP contribution in [0.2, 0.25) is 0 Å². The minimum Gasteiger partial charge on any atom is -0.409 e. The summed E-state index contributed by atoms with van der Waals surface area (Å²) in [6.07, 6.45) is 27.6. The average molecular weight is 483 g/mol. The van der Waals surface area contributed by atoms with Gasteiger partial charge in [0, 0.05) is 6.42 Å². The van der Waals surface area contributed by atoms with E-state index < -0.39 is 6.10 Å². The number of unbranched alkanes of at least 4 members (excludes halogenated alkanes) is 20. The number of amides is 1. The maximum Gasteiger partial charge on any atom is 0.225 e. The highest BCUT2D eigenvalue weighted by Gasteiger charge is 2.16. The van der Waals surface area contributed by atoms with Gasteiger partial charge in [-0.05, 0) is 12.8 Å². The third-order valence-corrected chi connectivity index (χ3v) is 6.78. The van der Waals surface area contributed by atoms with Gasteiger partial charge in [0.2, 0.25) is 5.91 Å². The number of hydrogen-bond donors (Lipinski definition) is 3. The zero-order valence-electron chi connectivity index (χ0n) is 22.8. The molecule has 0 saturated carbocycles. The number of rotatable bonds is 25. The maximum atomic E-state index is 12.1. The molecule has 0 spiro atoms. The summed E-state index contributed by atoms with van der Waals surface area (Å²) < 4.78 is 0. The standard InChI is InChI=1S/C29H58N2O3/c1-3-5-7-9-11-13-14-15-16-18-19-21-23-25-27(32)29(31-34)30-28(33)26-24-22-20-17-12-10-8-6-4-2/h27,32,34H,3-26H2,1-2H3,(H,30,31,33). The van der Waals surface area contributed by atoms with Crippen LogP contribution in [0.1, 0.15) is 168 Å². The zero-order chi connectivity index (χ0) is 25.1. The summed E-state index contributed by atoms with van der Waals surface area (Å²) in [4.78, 5) is 12.1. The van der Waals surface area contributed by atoms with Crippen LogP contribution in [0, 0.1) is 0 Å². The average Bonchev–Trinajstić information content (AvgIpc) is 2.84. The molecule has 0 aromatic rings.